The molecule has 0 aromatic heterocycles. The van der Waals surface area contributed by atoms with Gasteiger partial charge in [0.1, 0.15) is 18.2 Å². The Balaban J connectivity index is 3.29. The molecule has 0 saturated heterocycles. The number of rotatable bonds is 9. The Morgan fingerprint density at radius 1 is 1.00 bits per heavy atom. The molecule has 3 amide bonds. The molecule has 5 atom stereocenters. The maximum absolute atomic E-state index is 13.2. The Morgan fingerprint density at radius 2 is 1.69 bits per heavy atom. The predicted octanol–water partition coefficient (Wildman–Crippen LogP) is 2.35. The standard InChI is InChI=1S/C26H43N3O6/c1-7-8-9-10-11-17(4)23-20(14-15-30)25(33)28-19(6)24(32)29-22(16(2)3)26(34)27-18(5)12-13-21(31)35-23/h12-13,16-17,19-20,22-23,30H,5,7-11,14-15H2,1-4,6H3,(H,27,34)(H,28,33)(H,29,32)/b13-12+/t17-,19-,20+,22+,23?/m0/s1. The summed E-state index contributed by atoms with van der Waals surface area (Å²) in [5, 5.41) is 17.6. The first-order valence-electron chi connectivity index (χ1n) is 12.6. The molecule has 0 aliphatic carbocycles. The minimum absolute atomic E-state index is 0.0719. The fourth-order valence-electron chi connectivity index (χ4n) is 4.05. The molecule has 1 rings (SSSR count). The average Bonchev–Trinajstić information content (AvgIpc) is 2.79. The van der Waals surface area contributed by atoms with Gasteiger partial charge in [-0.2, -0.15) is 0 Å². The Labute approximate surface area is 209 Å². The van der Waals surface area contributed by atoms with Crippen LogP contribution in [0.4, 0.5) is 0 Å². The molecular weight excluding hydrogens is 450 g/mol. The van der Waals surface area contributed by atoms with E-state index in [0.717, 1.165) is 38.2 Å². The van der Waals surface area contributed by atoms with Gasteiger partial charge < -0.3 is 25.8 Å². The molecule has 0 aromatic carbocycles. The monoisotopic (exact) mass is 493 g/mol. The molecule has 35 heavy (non-hydrogen) atoms. The Hall–Kier alpha value is -2.68. The van der Waals surface area contributed by atoms with Crippen molar-refractivity contribution in [1.29, 1.82) is 0 Å². The van der Waals surface area contributed by atoms with Crippen LogP contribution in [0.25, 0.3) is 0 Å². The summed E-state index contributed by atoms with van der Waals surface area (Å²) in [6, 6.07) is -1.81. The molecule has 1 unspecified atom stereocenters. The maximum atomic E-state index is 13.2. The highest BCUT2D eigenvalue weighted by atomic mass is 16.5. The van der Waals surface area contributed by atoms with E-state index in [0.29, 0.717) is 0 Å². The second-order valence-corrected chi connectivity index (χ2v) is 9.66. The fourth-order valence-corrected chi connectivity index (χ4v) is 4.05. The van der Waals surface area contributed by atoms with Gasteiger partial charge in [0.25, 0.3) is 0 Å². The van der Waals surface area contributed by atoms with Gasteiger partial charge in [-0.25, -0.2) is 4.79 Å². The third-order valence-corrected chi connectivity index (χ3v) is 6.20. The summed E-state index contributed by atoms with van der Waals surface area (Å²) in [5.41, 5.74) is 0.167. The highest BCUT2D eigenvalue weighted by Crippen LogP contribution is 2.26. The van der Waals surface area contributed by atoms with E-state index in [9.17, 15) is 24.3 Å². The van der Waals surface area contributed by atoms with Crippen molar-refractivity contribution in [2.45, 2.75) is 91.3 Å². The molecule has 1 aliphatic rings. The number of hydrogen-bond donors (Lipinski definition) is 4. The Kier molecular flexibility index (Phi) is 13.3. The Bertz CT molecular complexity index is 779. The quantitative estimate of drug-likeness (QED) is 0.288. The molecule has 0 fully saturated rings. The molecule has 0 spiro atoms. The van der Waals surface area contributed by atoms with Crippen molar-refractivity contribution < 1.29 is 29.0 Å². The zero-order chi connectivity index (χ0) is 26.5. The fraction of sp³-hybridized carbons (Fsp3) is 0.692. The van der Waals surface area contributed by atoms with E-state index in [1.54, 1.807) is 13.8 Å². The molecule has 4 N–H and O–H groups in total. The van der Waals surface area contributed by atoms with Crippen molar-refractivity contribution in [3.05, 3.63) is 24.4 Å². The van der Waals surface area contributed by atoms with Gasteiger partial charge in [0.2, 0.25) is 17.7 Å². The molecule has 0 saturated carbocycles. The van der Waals surface area contributed by atoms with Gasteiger partial charge in [0, 0.05) is 18.4 Å². The number of ether oxygens (including phenoxy) is 1. The molecule has 1 heterocycles. The van der Waals surface area contributed by atoms with E-state index in [-0.39, 0.29) is 30.6 Å². The van der Waals surface area contributed by atoms with E-state index in [2.05, 4.69) is 29.5 Å². The lowest BCUT2D eigenvalue weighted by molar-refractivity contribution is -0.153. The summed E-state index contributed by atoms with van der Waals surface area (Å²) >= 11 is 0. The van der Waals surface area contributed by atoms with Crippen molar-refractivity contribution in [2.75, 3.05) is 6.61 Å². The van der Waals surface area contributed by atoms with Crippen LogP contribution in [-0.2, 0) is 23.9 Å². The first-order chi connectivity index (χ1) is 16.5. The van der Waals surface area contributed by atoms with Crippen LogP contribution < -0.4 is 16.0 Å². The number of aliphatic hydroxyl groups is 1. The minimum Gasteiger partial charge on any atom is -0.458 e. The molecule has 9 heteroatoms. The van der Waals surface area contributed by atoms with Crippen molar-refractivity contribution in [1.82, 2.24) is 16.0 Å². The minimum atomic E-state index is -0.944. The van der Waals surface area contributed by atoms with Gasteiger partial charge in [-0.3, -0.25) is 14.4 Å². The normalized spacial score (nSPS) is 26.7. The van der Waals surface area contributed by atoms with Crippen LogP contribution in [0, 0.1) is 17.8 Å². The third kappa shape index (κ3) is 10.2. The van der Waals surface area contributed by atoms with Gasteiger partial charge in [0.05, 0.1) is 5.92 Å². The molecule has 9 nitrogen and oxygen atoms in total. The summed E-state index contributed by atoms with van der Waals surface area (Å²) in [5.74, 6) is -3.41. The largest absolute Gasteiger partial charge is 0.458 e. The maximum Gasteiger partial charge on any atom is 0.331 e. The van der Waals surface area contributed by atoms with Crippen molar-refractivity contribution in [3.63, 3.8) is 0 Å². The van der Waals surface area contributed by atoms with E-state index in [1.165, 1.54) is 13.0 Å². The van der Waals surface area contributed by atoms with Crippen molar-refractivity contribution >= 4 is 23.7 Å². The molecule has 0 aromatic rings. The summed E-state index contributed by atoms with van der Waals surface area (Å²) in [4.78, 5) is 51.4. The van der Waals surface area contributed by atoms with E-state index < -0.39 is 47.8 Å². The topological polar surface area (TPSA) is 134 Å². The lowest BCUT2D eigenvalue weighted by Crippen LogP contribution is -2.55. The lowest BCUT2D eigenvalue weighted by Gasteiger charge is -2.31. The van der Waals surface area contributed by atoms with Crippen LogP contribution in [0.15, 0.2) is 24.4 Å². The summed E-state index contributed by atoms with van der Waals surface area (Å²) in [6.07, 6.45) is 6.63. The van der Waals surface area contributed by atoms with E-state index in [4.69, 9.17) is 4.74 Å². The second-order valence-electron chi connectivity index (χ2n) is 9.66. The number of aliphatic hydroxyl groups excluding tert-OH is 1. The van der Waals surface area contributed by atoms with Crippen LogP contribution in [0.1, 0.15) is 73.1 Å². The van der Waals surface area contributed by atoms with Gasteiger partial charge in [-0.1, -0.05) is 60.0 Å². The number of unbranched alkanes of at least 4 members (excludes halogenated alkanes) is 3. The van der Waals surface area contributed by atoms with Gasteiger partial charge in [0.15, 0.2) is 0 Å². The number of carbonyl (C=O) groups excluding carboxylic acids is 4. The summed E-state index contributed by atoms with van der Waals surface area (Å²) in [7, 11) is 0. The summed E-state index contributed by atoms with van der Waals surface area (Å²) < 4.78 is 5.73. The Morgan fingerprint density at radius 3 is 2.29 bits per heavy atom. The van der Waals surface area contributed by atoms with Crippen LogP contribution >= 0.6 is 0 Å². The van der Waals surface area contributed by atoms with E-state index >= 15 is 0 Å². The number of hydrogen-bond acceptors (Lipinski definition) is 6. The van der Waals surface area contributed by atoms with Crippen LogP contribution in [0.3, 0.4) is 0 Å². The third-order valence-electron chi connectivity index (χ3n) is 6.20. The number of amides is 3. The van der Waals surface area contributed by atoms with Gasteiger partial charge in [-0.05, 0) is 37.7 Å². The lowest BCUT2D eigenvalue weighted by atomic mass is 9.85. The predicted molar refractivity (Wildman–Crippen MR) is 134 cm³/mol. The SMILES string of the molecule is C=C1/C=C/C(=O)OC([C@@H](C)CCCCCC)[C@@H](CCO)C(=O)N[C@@H](C)C(=O)N[C@H](C(C)C)C(=O)N1. The smallest absolute Gasteiger partial charge is 0.331 e. The number of nitrogens with one attached hydrogen (secondary N) is 3. The second kappa shape index (κ2) is 15.3. The summed E-state index contributed by atoms with van der Waals surface area (Å²) in [6.45, 7) is 12.6. The van der Waals surface area contributed by atoms with Crippen molar-refractivity contribution in [2.24, 2.45) is 17.8 Å². The number of carbonyl (C=O) groups is 4. The van der Waals surface area contributed by atoms with E-state index in [1.807, 2.05) is 6.92 Å². The highest BCUT2D eigenvalue weighted by molar-refractivity contribution is 5.93. The van der Waals surface area contributed by atoms with Gasteiger partial charge >= 0.3 is 5.97 Å². The molecule has 0 radical (unpaired) electrons. The average molecular weight is 494 g/mol. The molecular formula is C26H43N3O6. The zero-order valence-electron chi connectivity index (χ0n) is 21.8. The molecule has 0 bridgehead atoms. The number of cyclic esters (lactones) is 1. The highest BCUT2D eigenvalue weighted by Gasteiger charge is 2.36. The van der Waals surface area contributed by atoms with Crippen molar-refractivity contribution in [3.8, 4) is 0 Å². The number of allylic oxidation sites excluding steroid dienone is 1. The molecule has 198 valence electrons. The van der Waals surface area contributed by atoms with Crippen LogP contribution in [0.2, 0.25) is 0 Å². The van der Waals surface area contributed by atoms with Crippen LogP contribution in [0.5, 0.6) is 0 Å². The molecule has 1 aliphatic heterocycles. The zero-order valence-corrected chi connectivity index (χ0v) is 21.8. The van der Waals surface area contributed by atoms with Crippen LogP contribution in [-0.4, -0.2) is 53.6 Å². The number of esters is 1. The van der Waals surface area contributed by atoms with Gasteiger partial charge in [-0.15, -0.1) is 0 Å². The first kappa shape index (κ1) is 30.4. The first-order valence-corrected chi connectivity index (χ1v) is 12.6.